The highest BCUT2D eigenvalue weighted by Gasteiger charge is 2.04. The molecule has 0 unspecified atom stereocenters. The number of aliphatic carboxylic acids is 1. The first-order chi connectivity index (χ1) is 10.1. The monoisotopic (exact) mass is 289 g/mol. The Morgan fingerprint density at radius 2 is 2.14 bits per heavy atom. The van der Waals surface area contributed by atoms with Crippen molar-refractivity contribution in [2.75, 3.05) is 6.54 Å². The van der Waals surface area contributed by atoms with Crippen LogP contribution in [0.5, 0.6) is 0 Å². The number of nitrogens with zero attached hydrogens (tertiary/aromatic N) is 2. The Morgan fingerprint density at radius 1 is 1.33 bits per heavy atom. The van der Waals surface area contributed by atoms with E-state index in [1.165, 1.54) is 0 Å². The molecule has 0 fully saturated rings. The second-order valence-electron chi connectivity index (χ2n) is 5.03. The smallest absolute Gasteiger partial charge is 0.305 e. The molecule has 1 amide bonds. The Bertz CT molecular complexity index is 649. The van der Waals surface area contributed by atoms with Crippen LogP contribution in [0.2, 0.25) is 0 Å². The highest BCUT2D eigenvalue weighted by atomic mass is 16.4. The number of carboxylic acid groups (broad SMARTS) is 1. The van der Waals surface area contributed by atoms with Crippen LogP contribution in [0, 0.1) is 0 Å². The molecule has 0 saturated heterocycles. The lowest BCUT2D eigenvalue weighted by Gasteiger charge is -2.04. The van der Waals surface area contributed by atoms with Gasteiger partial charge < -0.3 is 15.0 Å². The number of rotatable bonds is 7. The number of amides is 1. The molecule has 0 aliphatic rings. The maximum Gasteiger partial charge on any atom is 0.305 e. The maximum atomic E-state index is 11.5. The second-order valence-corrected chi connectivity index (χ2v) is 5.03. The molecule has 1 heterocycles. The van der Waals surface area contributed by atoms with E-state index in [0.29, 0.717) is 6.42 Å². The topological polar surface area (TPSA) is 84.2 Å². The number of carboxylic acids is 1. The molecular weight excluding hydrogens is 270 g/mol. The average molecular weight is 289 g/mol. The SMILES string of the molecule is Cn1cnc2cc(CCCC(=O)NCCC(=O)O)ccc21. The zero-order valence-corrected chi connectivity index (χ0v) is 12.0. The van der Waals surface area contributed by atoms with Gasteiger partial charge in [-0.3, -0.25) is 9.59 Å². The van der Waals surface area contributed by atoms with Crippen molar-refractivity contribution in [2.24, 2.45) is 7.05 Å². The minimum absolute atomic E-state index is 0.0396. The van der Waals surface area contributed by atoms with Crippen LogP contribution < -0.4 is 5.32 Å². The first-order valence-corrected chi connectivity index (χ1v) is 6.94. The number of aromatic nitrogens is 2. The summed E-state index contributed by atoms with van der Waals surface area (Å²) in [7, 11) is 1.95. The zero-order valence-electron chi connectivity index (χ0n) is 12.0. The quantitative estimate of drug-likeness (QED) is 0.808. The Morgan fingerprint density at radius 3 is 2.90 bits per heavy atom. The van der Waals surface area contributed by atoms with Crippen molar-refractivity contribution in [2.45, 2.75) is 25.7 Å². The van der Waals surface area contributed by atoms with Gasteiger partial charge in [-0.05, 0) is 30.5 Å². The highest BCUT2D eigenvalue weighted by Crippen LogP contribution is 2.15. The molecule has 0 aliphatic carbocycles. The fourth-order valence-corrected chi connectivity index (χ4v) is 2.19. The van der Waals surface area contributed by atoms with E-state index in [1.807, 2.05) is 29.8 Å². The molecule has 1 aromatic heterocycles. The van der Waals surface area contributed by atoms with Crippen molar-refractivity contribution in [3.05, 3.63) is 30.1 Å². The summed E-state index contributed by atoms with van der Waals surface area (Å²) >= 11 is 0. The Kier molecular flexibility index (Phi) is 4.92. The molecule has 6 nitrogen and oxygen atoms in total. The van der Waals surface area contributed by atoms with Gasteiger partial charge in [0.05, 0.1) is 23.8 Å². The summed E-state index contributed by atoms with van der Waals surface area (Å²) in [4.78, 5) is 26.1. The third-order valence-electron chi connectivity index (χ3n) is 3.32. The lowest BCUT2D eigenvalue weighted by molar-refractivity contribution is -0.136. The molecule has 21 heavy (non-hydrogen) atoms. The fourth-order valence-electron chi connectivity index (χ4n) is 2.19. The van der Waals surface area contributed by atoms with E-state index in [-0.39, 0.29) is 18.9 Å². The molecule has 0 bridgehead atoms. The summed E-state index contributed by atoms with van der Waals surface area (Å²) in [5, 5.41) is 11.1. The third kappa shape index (κ3) is 4.30. The van der Waals surface area contributed by atoms with Gasteiger partial charge >= 0.3 is 5.97 Å². The summed E-state index contributed by atoms with van der Waals surface area (Å²) in [6.07, 6.45) is 3.68. The number of carbonyl (C=O) groups excluding carboxylic acids is 1. The van der Waals surface area contributed by atoms with E-state index in [0.717, 1.165) is 29.4 Å². The van der Waals surface area contributed by atoms with Crippen molar-refractivity contribution in [1.29, 1.82) is 0 Å². The number of carbonyl (C=O) groups is 2. The first-order valence-electron chi connectivity index (χ1n) is 6.94. The van der Waals surface area contributed by atoms with Crippen molar-refractivity contribution in [1.82, 2.24) is 14.9 Å². The molecule has 0 aliphatic heterocycles. The predicted molar refractivity (Wildman–Crippen MR) is 78.9 cm³/mol. The minimum Gasteiger partial charge on any atom is -0.481 e. The number of imidazole rings is 1. The van der Waals surface area contributed by atoms with E-state index in [1.54, 1.807) is 6.33 Å². The predicted octanol–water partition coefficient (Wildman–Crippen LogP) is 1.49. The van der Waals surface area contributed by atoms with Crippen molar-refractivity contribution in [3.8, 4) is 0 Å². The lowest BCUT2D eigenvalue weighted by atomic mass is 10.1. The van der Waals surface area contributed by atoms with Gasteiger partial charge in [-0.1, -0.05) is 6.07 Å². The van der Waals surface area contributed by atoms with Gasteiger partial charge in [0.1, 0.15) is 0 Å². The molecule has 0 saturated carbocycles. The molecule has 6 heteroatoms. The van der Waals surface area contributed by atoms with Crippen LogP contribution >= 0.6 is 0 Å². The molecule has 0 radical (unpaired) electrons. The number of benzene rings is 1. The average Bonchev–Trinajstić information content (AvgIpc) is 2.80. The minimum atomic E-state index is -0.904. The molecule has 112 valence electrons. The largest absolute Gasteiger partial charge is 0.481 e. The van der Waals surface area contributed by atoms with Gasteiger partial charge in [0.25, 0.3) is 0 Å². The summed E-state index contributed by atoms with van der Waals surface area (Å²) in [6.45, 7) is 0.189. The van der Waals surface area contributed by atoms with Gasteiger partial charge in [-0.2, -0.15) is 0 Å². The van der Waals surface area contributed by atoms with Crippen LogP contribution in [0.25, 0.3) is 11.0 Å². The molecule has 2 aromatic rings. The summed E-state index contributed by atoms with van der Waals surface area (Å²) < 4.78 is 1.97. The molecule has 2 rings (SSSR count). The normalized spacial score (nSPS) is 10.7. The number of hydrogen-bond acceptors (Lipinski definition) is 3. The molecule has 0 atom stereocenters. The zero-order chi connectivity index (χ0) is 15.2. The Balaban J connectivity index is 1.76. The lowest BCUT2D eigenvalue weighted by Crippen LogP contribution is -2.25. The van der Waals surface area contributed by atoms with Crippen molar-refractivity contribution >= 4 is 22.9 Å². The summed E-state index contributed by atoms with van der Waals surface area (Å²) in [5.74, 6) is -1.01. The third-order valence-corrected chi connectivity index (χ3v) is 3.32. The second kappa shape index (κ2) is 6.88. The van der Waals surface area contributed by atoms with Crippen LogP contribution in [0.15, 0.2) is 24.5 Å². The Labute approximate surface area is 122 Å². The van der Waals surface area contributed by atoms with Gasteiger partial charge in [-0.25, -0.2) is 4.98 Å². The maximum absolute atomic E-state index is 11.5. The van der Waals surface area contributed by atoms with Crippen molar-refractivity contribution in [3.63, 3.8) is 0 Å². The van der Waals surface area contributed by atoms with Crippen LogP contribution in [-0.4, -0.2) is 33.1 Å². The van der Waals surface area contributed by atoms with Gasteiger partial charge in [0, 0.05) is 20.0 Å². The molecule has 2 N–H and O–H groups in total. The Hall–Kier alpha value is -2.37. The van der Waals surface area contributed by atoms with Crippen LogP contribution in [0.4, 0.5) is 0 Å². The summed E-state index contributed by atoms with van der Waals surface area (Å²) in [6, 6.07) is 6.12. The highest BCUT2D eigenvalue weighted by molar-refractivity contribution is 5.77. The van der Waals surface area contributed by atoms with E-state index < -0.39 is 5.97 Å². The fraction of sp³-hybridized carbons (Fsp3) is 0.400. The van der Waals surface area contributed by atoms with Crippen LogP contribution in [0.3, 0.4) is 0 Å². The van der Waals surface area contributed by atoms with Gasteiger partial charge in [0.15, 0.2) is 0 Å². The van der Waals surface area contributed by atoms with Gasteiger partial charge in [0.2, 0.25) is 5.91 Å². The number of hydrogen-bond donors (Lipinski definition) is 2. The van der Waals surface area contributed by atoms with Gasteiger partial charge in [-0.15, -0.1) is 0 Å². The molecule has 1 aromatic carbocycles. The van der Waals surface area contributed by atoms with Crippen LogP contribution in [0.1, 0.15) is 24.8 Å². The van der Waals surface area contributed by atoms with Crippen LogP contribution in [-0.2, 0) is 23.1 Å². The standard InChI is InChI=1S/C15H19N3O3/c1-18-10-17-12-9-11(5-6-13(12)18)3-2-4-14(19)16-8-7-15(20)21/h5-6,9-10H,2-4,7-8H2,1H3,(H,16,19)(H,20,21). The first kappa shape index (κ1) is 15.0. The number of fused-ring (bicyclic) bond motifs is 1. The van der Waals surface area contributed by atoms with Crippen molar-refractivity contribution < 1.29 is 14.7 Å². The number of nitrogens with one attached hydrogen (secondary N) is 1. The summed E-state index contributed by atoms with van der Waals surface area (Å²) in [5.41, 5.74) is 3.20. The van der Waals surface area contributed by atoms with E-state index >= 15 is 0 Å². The van der Waals surface area contributed by atoms with E-state index in [4.69, 9.17) is 5.11 Å². The molecule has 0 spiro atoms. The van der Waals surface area contributed by atoms with E-state index in [2.05, 4.69) is 10.3 Å². The molecular formula is C15H19N3O3. The number of aryl methyl sites for hydroxylation is 2. The van der Waals surface area contributed by atoms with E-state index in [9.17, 15) is 9.59 Å².